The molecule has 1 fully saturated rings. The number of halogens is 1. The second kappa shape index (κ2) is 3.55. The summed E-state index contributed by atoms with van der Waals surface area (Å²) in [5.74, 6) is 0.0475. The molecular formula is C8H12FN. The molecule has 1 aliphatic carbocycles. The first kappa shape index (κ1) is 7.53. The Morgan fingerprint density at radius 3 is 2.70 bits per heavy atom. The molecule has 0 aromatic carbocycles. The minimum atomic E-state index is -0.692. The Bertz CT molecular complexity index is 139. The SMILES string of the molecule is [C-]#[N+]CC1CCCCC1F. The van der Waals surface area contributed by atoms with Crippen molar-refractivity contribution in [3.05, 3.63) is 11.4 Å². The summed E-state index contributed by atoms with van der Waals surface area (Å²) in [6, 6.07) is 0. The average Bonchev–Trinajstić information content (AvgIpc) is 1.94. The van der Waals surface area contributed by atoms with E-state index >= 15 is 0 Å². The fourth-order valence-electron chi connectivity index (χ4n) is 1.49. The summed E-state index contributed by atoms with van der Waals surface area (Å²) in [5, 5.41) is 0. The zero-order chi connectivity index (χ0) is 7.40. The van der Waals surface area contributed by atoms with Gasteiger partial charge in [-0.05, 0) is 12.8 Å². The maximum atomic E-state index is 12.9. The van der Waals surface area contributed by atoms with E-state index in [0.717, 1.165) is 19.3 Å². The molecule has 2 heteroatoms. The van der Waals surface area contributed by atoms with Gasteiger partial charge in [0.25, 0.3) is 0 Å². The minimum absolute atomic E-state index is 0.0475. The van der Waals surface area contributed by atoms with Gasteiger partial charge in [-0.2, -0.15) is 0 Å². The van der Waals surface area contributed by atoms with Crippen LogP contribution in [0.4, 0.5) is 4.39 Å². The molecule has 2 unspecified atom stereocenters. The zero-order valence-electron chi connectivity index (χ0n) is 6.02. The van der Waals surface area contributed by atoms with Crippen LogP contribution < -0.4 is 0 Å². The summed E-state index contributed by atoms with van der Waals surface area (Å²) in [5.41, 5.74) is 0. The predicted octanol–water partition coefficient (Wildman–Crippen LogP) is 2.43. The van der Waals surface area contributed by atoms with E-state index in [1.807, 2.05) is 0 Å². The van der Waals surface area contributed by atoms with Gasteiger partial charge in [-0.1, -0.05) is 12.8 Å². The van der Waals surface area contributed by atoms with Crippen molar-refractivity contribution in [2.45, 2.75) is 31.9 Å². The molecule has 0 N–H and O–H groups in total. The Morgan fingerprint density at radius 2 is 2.10 bits per heavy atom. The Hall–Kier alpha value is -0.580. The van der Waals surface area contributed by atoms with Crippen LogP contribution >= 0.6 is 0 Å². The number of rotatable bonds is 1. The lowest BCUT2D eigenvalue weighted by Gasteiger charge is -2.20. The van der Waals surface area contributed by atoms with Crippen LogP contribution in [0.3, 0.4) is 0 Å². The van der Waals surface area contributed by atoms with E-state index in [0.29, 0.717) is 13.0 Å². The van der Waals surface area contributed by atoms with Crippen molar-refractivity contribution < 1.29 is 4.39 Å². The van der Waals surface area contributed by atoms with Crippen molar-refractivity contribution in [3.63, 3.8) is 0 Å². The van der Waals surface area contributed by atoms with Crippen molar-refractivity contribution in [2.75, 3.05) is 6.54 Å². The van der Waals surface area contributed by atoms with Gasteiger partial charge in [0, 0.05) is 0 Å². The average molecular weight is 141 g/mol. The molecule has 0 bridgehead atoms. The summed E-state index contributed by atoms with van der Waals surface area (Å²) in [4.78, 5) is 3.22. The Balaban J connectivity index is 2.34. The van der Waals surface area contributed by atoms with E-state index in [9.17, 15) is 4.39 Å². The van der Waals surface area contributed by atoms with Crippen LogP contribution in [-0.2, 0) is 0 Å². The van der Waals surface area contributed by atoms with Crippen molar-refractivity contribution >= 4 is 0 Å². The van der Waals surface area contributed by atoms with E-state index in [1.165, 1.54) is 0 Å². The van der Waals surface area contributed by atoms with Crippen molar-refractivity contribution in [2.24, 2.45) is 5.92 Å². The lowest BCUT2D eigenvalue weighted by Crippen LogP contribution is -2.22. The highest BCUT2D eigenvalue weighted by Gasteiger charge is 2.26. The fraction of sp³-hybridized carbons (Fsp3) is 0.875. The second-order valence-corrected chi connectivity index (χ2v) is 2.90. The van der Waals surface area contributed by atoms with E-state index in [1.54, 1.807) is 0 Å². The Kier molecular flexibility index (Phi) is 2.68. The van der Waals surface area contributed by atoms with Gasteiger partial charge in [0.15, 0.2) is 0 Å². The van der Waals surface area contributed by atoms with Crippen LogP contribution in [0.2, 0.25) is 0 Å². The standard InChI is InChI=1S/C8H12FN/c1-10-6-7-4-2-3-5-8(7)9/h7-8H,2-6H2. The molecule has 2 atom stereocenters. The van der Waals surface area contributed by atoms with Crippen LogP contribution in [0.15, 0.2) is 0 Å². The molecule has 0 aliphatic heterocycles. The highest BCUT2D eigenvalue weighted by Crippen LogP contribution is 2.26. The van der Waals surface area contributed by atoms with Gasteiger partial charge < -0.3 is 4.85 Å². The van der Waals surface area contributed by atoms with Crippen LogP contribution in [0, 0.1) is 12.5 Å². The van der Waals surface area contributed by atoms with Gasteiger partial charge in [0.2, 0.25) is 6.54 Å². The first-order chi connectivity index (χ1) is 4.84. The summed E-state index contributed by atoms with van der Waals surface area (Å²) in [7, 11) is 0. The van der Waals surface area contributed by atoms with Crippen molar-refractivity contribution in [1.82, 2.24) is 0 Å². The van der Waals surface area contributed by atoms with Crippen molar-refractivity contribution in [1.29, 1.82) is 0 Å². The molecule has 0 radical (unpaired) electrons. The van der Waals surface area contributed by atoms with E-state index < -0.39 is 6.17 Å². The third-order valence-corrected chi connectivity index (χ3v) is 2.14. The number of alkyl halides is 1. The molecular weight excluding hydrogens is 129 g/mol. The van der Waals surface area contributed by atoms with Crippen LogP contribution in [0.5, 0.6) is 0 Å². The first-order valence-electron chi connectivity index (χ1n) is 3.82. The molecule has 0 aromatic rings. The van der Waals surface area contributed by atoms with Gasteiger partial charge in [0.05, 0.1) is 5.92 Å². The molecule has 56 valence electrons. The lowest BCUT2D eigenvalue weighted by atomic mass is 9.88. The largest absolute Gasteiger partial charge is 0.317 e. The van der Waals surface area contributed by atoms with E-state index in [2.05, 4.69) is 4.85 Å². The molecule has 0 amide bonds. The van der Waals surface area contributed by atoms with E-state index in [4.69, 9.17) is 6.57 Å². The molecule has 1 aliphatic rings. The van der Waals surface area contributed by atoms with Crippen LogP contribution in [-0.4, -0.2) is 12.7 Å². The van der Waals surface area contributed by atoms with E-state index in [-0.39, 0.29) is 5.92 Å². The summed E-state index contributed by atoms with van der Waals surface area (Å²) in [6.45, 7) is 6.98. The Labute approximate surface area is 61.1 Å². The van der Waals surface area contributed by atoms with Crippen molar-refractivity contribution in [3.8, 4) is 0 Å². The highest BCUT2D eigenvalue weighted by molar-refractivity contribution is 4.80. The molecule has 1 saturated carbocycles. The summed E-state index contributed by atoms with van der Waals surface area (Å²) < 4.78 is 12.9. The van der Waals surface area contributed by atoms with Crippen LogP contribution in [0.25, 0.3) is 4.85 Å². The normalized spacial score (nSPS) is 33.2. The third kappa shape index (κ3) is 1.70. The number of hydrogen-bond acceptors (Lipinski definition) is 0. The minimum Gasteiger partial charge on any atom is -0.317 e. The maximum absolute atomic E-state index is 12.9. The molecule has 0 saturated heterocycles. The van der Waals surface area contributed by atoms with Gasteiger partial charge in [0.1, 0.15) is 6.17 Å². The lowest BCUT2D eigenvalue weighted by molar-refractivity contribution is 0.177. The van der Waals surface area contributed by atoms with Gasteiger partial charge in [-0.3, -0.25) is 0 Å². The summed E-state index contributed by atoms with van der Waals surface area (Å²) >= 11 is 0. The van der Waals surface area contributed by atoms with Gasteiger partial charge in [-0.15, -0.1) is 0 Å². The molecule has 0 heterocycles. The molecule has 1 rings (SSSR count). The van der Waals surface area contributed by atoms with Gasteiger partial charge >= 0.3 is 0 Å². The number of hydrogen-bond donors (Lipinski definition) is 0. The molecule has 10 heavy (non-hydrogen) atoms. The van der Waals surface area contributed by atoms with Crippen LogP contribution in [0.1, 0.15) is 25.7 Å². The zero-order valence-corrected chi connectivity index (χ0v) is 6.02. The monoisotopic (exact) mass is 141 g/mol. The number of nitrogens with zero attached hydrogens (tertiary/aromatic N) is 1. The third-order valence-electron chi connectivity index (χ3n) is 2.14. The fourth-order valence-corrected chi connectivity index (χ4v) is 1.49. The second-order valence-electron chi connectivity index (χ2n) is 2.90. The quantitative estimate of drug-likeness (QED) is 0.494. The first-order valence-corrected chi connectivity index (χ1v) is 3.82. The summed E-state index contributed by atoms with van der Waals surface area (Å²) in [6.07, 6.45) is 3.03. The highest BCUT2D eigenvalue weighted by atomic mass is 19.1. The smallest absolute Gasteiger partial charge is 0.220 e. The maximum Gasteiger partial charge on any atom is 0.220 e. The predicted molar refractivity (Wildman–Crippen MR) is 38.3 cm³/mol. The molecule has 1 nitrogen and oxygen atoms in total. The topological polar surface area (TPSA) is 4.36 Å². The van der Waals surface area contributed by atoms with Gasteiger partial charge in [-0.25, -0.2) is 11.0 Å². The molecule has 0 aromatic heterocycles. The Morgan fingerprint density at radius 1 is 1.40 bits per heavy atom. The molecule has 0 spiro atoms.